The molecule has 1 aliphatic heterocycles. The van der Waals surface area contributed by atoms with E-state index in [0.29, 0.717) is 18.1 Å². The van der Waals surface area contributed by atoms with E-state index >= 15 is 0 Å². The molecule has 0 bridgehead atoms. The molecule has 1 fully saturated rings. The van der Waals surface area contributed by atoms with E-state index in [1.54, 1.807) is 24.3 Å². The van der Waals surface area contributed by atoms with Crippen LogP contribution in [0.25, 0.3) is 6.08 Å². The first kappa shape index (κ1) is 20.3. The predicted octanol–water partition coefficient (Wildman–Crippen LogP) is 5.01. The van der Waals surface area contributed by atoms with Crippen molar-refractivity contribution in [2.75, 3.05) is 19.7 Å². The lowest BCUT2D eigenvalue weighted by Crippen LogP contribution is -2.34. The van der Waals surface area contributed by atoms with E-state index < -0.39 is 0 Å². The van der Waals surface area contributed by atoms with Crippen LogP contribution in [0, 0.1) is 5.92 Å². The van der Waals surface area contributed by atoms with E-state index in [9.17, 15) is 9.90 Å². The monoisotopic (exact) mass is 359 g/mol. The number of ether oxygens (including phenoxy) is 1. The van der Waals surface area contributed by atoms with Gasteiger partial charge in [0.05, 0.1) is 6.61 Å². The van der Waals surface area contributed by atoms with Crippen molar-refractivity contribution < 1.29 is 14.6 Å². The van der Waals surface area contributed by atoms with Crippen LogP contribution in [0.5, 0.6) is 11.5 Å². The predicted molar refractivity (Wildman–Crippen MR) is 106 cm³/mol. The van der Waals surface area contributed by atoms with E-state index in [-0.39, 0.29) is 11.7 Å². The lowest BCUT2D eigenvalue weighted by atomic mass is 10.0. The van der Waals surface area contributed by atoms with Gasteiger partial charge in [0.1, 0.15) is 11.5 Å². The third-order valence-corrected chi connectivity index (χ3v) is 5.10. The third-order valence-electron chi connectivity index (χ3n) is 5.10. The van der Waals surface area contributed by atoms with E-state index in [2.05, 4.69) is 13.8 Å². The molecule has 1 heterocycles. The molecule has 0 aliphatic carbocycles. The molecule has 144 valence electrons. The minimum absolute atomic E-state index is 0.0148. The molecule has 1 aliphatic rings. The zero-order valence-electron chi connectivity index (χ0n) is 16.2. The molecule has 1 N–H and O–H groups in total. The normalized spacial score (nSPS) is 16.0. The number of carbonyl (C=O) groups excluding carboxylic acids is 1. The molecule has 0 radical (unpaired) electrons. The quantitative estimate of drug-likeness (QED) is 0.630. The fourth-order valence-electron chi connectivity index (χ4n) is 3.25. The highest BCUT2D eigenvalue weighted by Crippen LogP contribution is 2.25. The van der Waals surface area contributed by atoms with Gasteiger partial charge in [-0.05, 0) is 55.9 Å². The second kappa shape index (κ2) is 10.9. The fourth-order valence-corrected chi connectivity index (χ4v) is 3.25. The number of hydrogen-bond acceptors (Lipinski definition) is 3. The molecule has 1 aromatic rings. The molecule has 1 amide bonds. The molecular weight excluding hydrogens is 326 g/mol. The smallest absolute Gasteiger partial charge is 0.246 e. The number of carbonyl (C=O) groups is 1. The summed E-state index contributed by atoms with van der Waals surface area (Å²) in [5.41, 5.74) is 0.620. The van der Waals surface area contributed by atoms with Gasteiger partial charge in [-0.1, -0.05) is 33.1 Å². The average Bonchev–Trinajstić information content (AvgIpc) is 2.68. The molecular formula is C22H33NO3. The van der Waals surface area contributed by atoms with E-state index in [1.807, 2.05) is 11.0 Å². The lowest BCUT2D eigenvalue weighted by molar-refractivity contribution is -0.126. The van der Waals surface area contributed by atoms with E-state index in [0.717, 1.165) is 38.1 Å². The van der Waals surface area contributed by atoms with Gasteiger partial charge >= 0.3 is 0 Å². The molecule has 0 saturated carbocycles. The van der Waals surface area contributed by atoms with Gasteiger partial charge in [-0.3, -0.25) is 4.79 Å². The van der Waals surface area contributed by atoms with Crippen molar-refractivity contribution >= 4 is 12.0 Å². The molecule has 1 unspecified atom stereocenters. The van der Waals surface area contributed by atoms with Crippen LogP contribution in [0.4, 0.5) is 0 Å². The molecule has 4 heteroatoms. The number of benzene rings is 1. The summed E-state index contributed by atoms with van der Waals surface area (Å²) in [5, 5.41) is 10.1. The number of likely N-dealkylation sites (tertiary alicyclic amines) is 1. The summed E-state index contributed by atoms with van der Waals surface area (Å²) in [6.07, 6.45) is 11.3. The number of phenols is 1. The van der Waals surface area contributed by atoms with Gasteiger partial charge in [-0.25, -0.2) is 0 Å². The molecule has 0 spiro atoms. The van der Waals surface area contributed by atoms with Gasteiger partial charge in [0.2, 0.25) is 5.91 Å². The zero-order valence-corrected chi connectivity index (χ0v) is 16.2. The Hall–Kier alpha value is -1.97. The first-order chi connectivity index (χ1) is 12.6. The summed E-state index contributed by atoms with van der Waals surface area (Å²) in [6.45, 7) is 6.75. The summed E-state index contributed by atoms with van der Waals surface area (Å²) in [5.74, 6) is 1.48. The minimum Gasteiger partial charge on any atom is -0.507 e. The van der Waals surface area contributed by atoms with Crippen molar-refractivity contribution in [3.8, 4) is 11.5 Å². The van der Waals surface area contributed by atoms with E-state index in [1.165, 1.54) is 25.7 Å². The summed E-state index contributed by atoms with van der Waals surface area (Å²) < 4.78 is 5.93. The van der Waals surface area contributed by atoms with Crippen molar-refractivity contribution in [3.05, 3.63) is 29.8 Å². The second-order valence-corrected chi connectivity index (χ2v) is 7.17. The van der Waals surface area contributed by atoms with E-state index in [4.69, 9.17) is 4.74 Å². The summed E-state index contributed by atoms with van der Waals surface area (Å²) in [6, 6.07) is 5.22. The Kier molecular flexibility index (Phi) is 8.52. The number of rotatable bonds is 9. The van der Waals surface area contributed by atoms with Crippen LogP contribution in [-0.4, -0.2) is 35.6 Å². The highest BCUT2D eigenvalue weighted by molar-refractivity contribution is 5.92. The zero-order chi connectivity index (χ0) is 18.8. The Morgan fingerprint density at radius 3 is 2.73 bits per heavy atom. The first-order valence-electron chi connectivity index (χ1n) is 10.1. The highest BCUT2D eigenvalue weighted by atomic mass is 16.5. The van der Waals surface area contributed by atoms with Crippen LogP contribution in [0.1, 0.15) is 64.4 Å². The number of amides is 1. The topological polar surface area (TPSA) is 49.8 Å². The molecule has 26 heavy (non-hydrogen) atoms. The summed E-state index contributed by atoms with van der Waals surface area (Å²) in [4.78, 5) is 14.1. The Labute approximate surface area is 157 Å². The Morgan fingerprint density at radius 2 is 2.04 bits per heavy atom. The minimum atomic E-state index is 0.0148. The molecule has 1 atom stereocenters. The fraction of sp³-hybridized carbons (Fsp3) is 0.591. The van der Waals surface area contributed by atoms with Gasteiger partial charge < -0.3 is 14.7 Å². The van der Waals surface area contributed by atoms with Crippen LogP contribution < -0.4 is 4.74 Å². The highest BCUT2D eigenvalue weighted by Gasteiger charge is 2.14. The van der Waals surface area contributed by atoms with Crippen molar-refractivity contribution in [2.45, 2.75) is 58.8 Å². The molecule has 4 nitrogen and oxygen atoms in total. The number of piperidine rings is 1. The van der Waals surface area contributed by atoms with Gasteiger partial charge in [0, 0.05) is 24.7 Å². The maximum absolute atomic E-state index is 12.2. The van der Waals surface area contributed by atoms with Crippen LogP contribution in [0.15, 0.2) is 24.3 Å². The van der Waals surface area contributed by atoms with Crippen molar-refractivity contribution in [3.63, 3.8) is 0 Å². The standard InChI is InChI=1S/C22H33NO3/c1-3-5-9-18(4-2)17-26-20-11-12-21(24)19(16-20)10-13-22(25)23-14-7-6-8-15-23/h10-13,16,18,24H,3-9,14-15,17H2,1-2H3. The van der Waals surface area contributed by atoms with Crippen LogP contribution in [0.2, 0.25) is 0 Å². The number of aromatic hydroxyl groups is 1. The number of hydrogen-bond donors (Lipinski definition) is 1. The van der Waals surface area contributed by atoms with Gasteiger partial charge in [0.15, 0.2) is 0 Å². The van der Waals surface area contributed by atoms with Crippen LogP contribution in [0.3, 0.4) is 0 Å². The largest absolute Gasteiger partial charge is 0.507 e. The third kappa shape index (κ3) is 6.40. The Balaban J connectivity index is 1.95. The number of unbranched alkanes of at least 4 members (excludes halogenated alkanes) is 1. The maximum Gasteiger partial charge on any atom is 0.246 e. The average molecular weight is 360 g/mol. The van der Waals surface area contributed by atoms with Crippen molar-refractivity contribution in [1.82, 2.24) is 4.90 Å². The van der Waals surface area contributed by atoms with Crippen LogP contribution in [-0.2, 0) is 4.79 Å². The van der Waals surface area contributed by atoms with Gasteiger partial charge in [0.25, 0.3) is 0 Å². The van der Waals surface area contributed by atoms with Crippen LogP contribution >= 0.6 is 0 Å². The second-order valence-electron chi connectivity index (χ2n) is 7.17. The summed E-state index contributed by atoms with van der Waals surface area (Å²) >= 11 is 0. The first-order valence-corrected chi connectivity index (χ1v) is 10.1. The van der Waals surface area contributed by atoms with Gasteiger partial charge in [-0.2, -0.15) is 0 Å². The van der Waals surface area contributed by atoms with Crippen molar-refractivity contribution in [2.24, 2.45) is 5.92 Å². The SMILES string of the molecule is CCCCC(CC)COc1ccc(O)c(C=CC(=O)N2CCCCC2)c1. The summed E-state index contributed by atoms with van der Waals surface area (Å²) in [7, 11) is 0. The molecule has 1 aromatic carbocycles. The van der Waals surface area contributed by atoms with Gasteiger partial charge in [-0.15, -0.1) is 0 Å². The Bertz CT molecular complexity index is 591. The maximum atomic E-state index is 12.2. The number of phenolic OH excluding ortho intramolecular Hbond substituents is 1. The molecule has 0 aromatic heterocycles. The number of nitrogens with zero attached hydrogens (tertiary/aromatic N) is 1. The molecule has 1 saturated heterocycles. The Morgan fingerprint density at radius 1 is 1.27 bits per heavy atom. The lowest BCUT2D eigenvalue weighted by Gasteiger charge is -2.25. The molecule has 2 rings (SSSR count). The van der Waals surface area contributed by atoms with Crippen molar-refractivity contribution in [1.29, 1.82) is 0 Å².